The number of anilines is 1. The molecule has 2 heterocycles. The Morgan fingerprint density at radius 1 is 1.12 bits per heavy atom. The van der Waals surface area contributed by atoms with E-state index in [4.69, 9.17) is 16.6 Å². The molecule has 0 fully saturated rings. The Morgan fingerprint density at radius 3 is 2.53 bits per heavy atom. The molecule has 0 radical (unpaired) electrons. The van der Waals surface area contributed by atoms with Gasteiger partial charge >= 0.3 is 0 Å². The zero-order chi connectivity index (χ0) is 22.7. The number of hydrogen-bond acceptors (Lipinski definition) is 4. The molecule has 0 spiro atoms. The smallest absolute Gasteiger partial charge is 0.278 e. The number of carbonyl (C=O) groups is 1. The van der Waals surface area contributed by atoms with Gasteiger partial charge in [0.15, 0.2) is 5.16 Å². The minimum atomic E-state index is -0.175. The van der Waals surface area contributed by atoms with Crippen LogP contribution in [-0.4, -0.2) is 25.8 Å². The van der Waals surface area contributed by atoms with Gasteiger partial charge in [0.2, 0.25) is 5.91 Å². The fourth-order valence-electron chi connectivity index (χ4n) is 3.57. The molecule has 0 saturated carbocycles. The lowest BCUT2D eigenvalue weighted by atomic mass is 10.1. The molecule has 0 aliphatic heterocycles. The highest BCUT2D eigenvalue weighted by atomic mass is 35.5. The van der Waals surface area contributed by atoms with Gasteiger partial charge < -0.3 is 9.88 Å². The molecule has 0 bridgehead atoms. The van der Waals surface area contributed by atoms with Gasteiger partial charge in [-0.25, -0.2) is 4.98 Å². The molecule has 4 aromatic rings. The van der Waals surface area contributed by atoms with E-state index in [0.29, 0.717) is 33.4 Å². The first kappa shape index (κ1) is 22.2. The largest absolute Gasteiger partial charge is 0.344 e. The zero-order valence-electron chi connectivity index (χ0n) is 17.8. The van der Waals surface area contributed by atoms with Crippen LogP contribution in [0.2, 0.25) is 5.02 Å². The fraction of sp³-hybridized carbons (Fsp3) is 0.208. The molecule has 6 nitrogen and oxygen atoms in total. The van der Waals surface area contributed by atoms with E-state index in [1.54, 1.807) is 28.8 Å². The standard InChI is InChI=1S/C24H23ClN4O2S/c1-3-13-29-23(31)22-21(19(14-28(22)2)16-7-5-4-6-8-16)27-24(29)32-15-20(30)26-18-11-9-17(25)10-12-18/h4-12,14H,3,13,15H2,1-2H3,(H,26,30). The van der Waals surface area contributed by atoms with Crippen molar-refractivity contribution in [1.82, 2.24) is 14.1 Å². The van der Waals surface area contributed by atoms with Crippen LogP contribution in [0.5, 0.6) is 0 Å². The van der Waals surface area contributed by atoms with Crippen molar-refractivity contribution in [3.05, 3.63) is 76.2 Å². The Balaban J connectivity index is 1.68. The van der Waals surface area contributed by atoms with Gasteiger partial charge in [-0.1, -0.05) is 60.6 Å². The summed E-state index contributed by atoms with van der Waals surface area (Å²) in [6.45, 7) is 2.55. The van der Waals surface area contributed by atoms with E-state index >= 15 is 0 Å². The molecule has 4 rings (SSSR count). The number of amides is 1. The van der Waals surface area contributed by atoms with Crippen LogP contribution < -0.4 is 10.9 Å². The summed E-state index contributed by atoms with van der Waals surface area (Å²) in [5.74, 6) is -0.0382. The molecule has 0 atom stereocenters. The van der Waals surface area contributed by atoms with Gasteiger partial charge in [0.05, 0.1) is 5.75 Å². The molecule has 1 N–H and O–H groups in total. The Morgan fingerprint density at radius 2 is 1.84 bits per heavy atom. The second-order valence-electron chi connectivity index (χ2n) is 7.41. The van der Waals surface area contributed by atoms with Crippen molar-refractivity contribution in [2.45, 2.75) is 25.0 Å². The Hall–Kier alpha value is -3.03. The first-order chi connectivity index (χ1) is 15.5. The van der Waals surface area contributed by atoms with E-state index in [1.807, 2.05) is 55.1 Å². The molecule has 1 amide bonds. The van der Waals surface area contributed by atoms with Crippen LogP contribution in [0.3, 0.4) is 0 Å². The number of aromatic nitrogens is 3. The van der Waals surface area contributed by atoms with Crippen molar-refractivity contribution in [2.24, 2.45) is 7.05 Å². The number of fused-ring (bicyclic) bond motifs is 1. The van der Waals surface area contributed by atoms with Crippen molar-refractivity contribution in [2.75, 3.05) is 11.1 Å². The summed E-state index contributed by atoms with van der Waals surface area (Å²) in [4.78, 5) is 30.7. The predicted molar refractivity (Wildman–Crippen MR) is 132 cm³/mol. The van der Waals surface area contributed by atoms with Crippen LogP contribution >= 0.6 is 23.4 Å². The molecule has 0 aliphatic rings. The molecule has 2 aromatic heterocycles. The minimum Gasteiger partial charge on any atom is -0.344 e. The van der Waals surface area contributed by atoms with Crippen LogP contribution in [0.4, 0.5) is 5.69 Å². The number of hydrogen-bond donors (Lipinski definition) is 1. The van der Waals surface area contributed by atoms with Gasteiger partial charge in [-0.3, -0.25) is 14.2 Å². The highest BCUT2D eigenvalue weighted by molar-refractivity contribution is 7.99. The lowest BCUT2D eigenvalue weighted by Gasteiger charge is -2.12. The average Bonchev–Trinajstić information content (AvgIpc) is 3.13. The number of thioether (sulfide) groups is 1. The van der Waals surface area contributed by atoms with Crippen LogP contribution in [0.1, 0.15) is 13.3 Å². The monoisotopic (exact) mass is 466 g/mol. The van der Waals surface area contributed by atoms with Gasteiger partial charge in [0, 0.05) is 36.1 Å². The van der Waals surface area contributed by atoms with E-state index < -0.39 is 0 Å². The molecule has 0 unspecified atom stereocenters. The van der Waals surface area contributed by atoms with Crippen LogP contribution in [0.25, 0.3) is 22.2 Å². The third-order valence-corrected chi connectivity index (χ3v) is 6.26. The molecule has 2 aromatic carbocycles. The van der Waals surface area contributed by atoms with Gasteiger partial charge in [0.1, 0.15) is 11.0 Å². The summed E-state index contributed by atoms with van der Waals surface area (Å²) in [5.41, 5.74) is 3.68. The third kappa shape index (κ3) is 4.59. The van der Waals surface area contributed by atoms with E-state index in [9.17, 15) is 9.59 Å². The van der Waals surface area contributed by atoms with Gasteiger partial charge in [-0.15, -0.1) is 0 Å². The molecular formula is C24H23ClN4O2S. The van der Waals surface area contributed by atoms with Gasteiger partial charge in [0.25, 0.3) is 5.56 Å². The first-order valence-electron chi connectivity index (χ1n) is 10.3. The Labute approximate surface area is 195 Å². The van der Waals surface area contributed by atoms with Crippen LogP contribution in [0.15, 0.2) is 70.7 Å². The lowest BCUT2D eigenvalue weighted by Crippen LogP contribution is -2.25. The van der Waals surface area contributed by atoms with E-state index in [0.717, 1.165) is 17.5 Å². The summed E-state index contributed by atoms with van der Waals surface area (Å²) >= 11 is 7.16. The number of rotatable bonds is 7. The zero-order valence-corrected chi connectivity index (χ0v) is 19.4. The second-order valence-corrected chi connectivity index (χ2v) is 8.79. The van der Waals surface area contributed by atoms with E-state index in [-0.39, 0.29) is 17.2 Å². The number of carbonyl (C=O) groups excluding carboxylic acids is 1. The maximum atomic E-state index is 13.3. The maximum absolute atomic E-state index is 13.3. The van der Waals surface area contributed by atoms with Crippen LogP contribution in [-0.2, 0) is 18.4 Å². The Kier molecular flexibility index (Phi) is 6.67. The molecule has 0 aliphatic carbocycles. The highest BCUT2D eigenvalue weighted by Crippen LogP contribution is 2.29. The minimum absolute atomic E-state index is 0.0952. The fourth-order valence-corrected chi connectivity index (χ4v) is 4.51. The number of nitrogens with one attached hydrogen (secondary N) is 1. The first-order valence-corrected chi connectivity index (χ1v) is 11.7. The van der Waals surface area contributed by atoms with Crippen molar-refractivity contribution in [1.29, 1.82) is 0 Å². The number of halogens is 1. The van der Waals surface area contributed by atoms with Gasteiger partial charge in [-0.2, -0.15) is 0 Å². The third-order valence-electron chi connectivity index (χ3n) is 5.03. The number of nitrogens with zero attached hydrogens (tertiary/aromatic N) is 3. The average molecular weight is 467 g/mol. The number of aryl methyl sites for hydroxylation is 1. The summed E-state index contributed by atoms with van der Waals surface area (Å²) < 4.78 is 3.50. The lowest BCUT2D eigenvalue weighted by molar-refractivity contribution is -0.113. The summed E-state index contributed by atoms with van der Waals surface area (Å²) in [6.07, 6.45) is 2.72. The predicted octanol–water partition coefficient (Wildman–Crippen LogP) is 5.20. The Bertz CT molecular complexity index is 1310. The maximum Gasteiger partial charge on any atom is 0.278 e. The van der Waals surface area contributed by atoms with Crippen molar-refractivity contribution in [3.8, 4) is 11.1 Å². The quantitative estimate of drug-likeness (QED) is 0.300. The van der Waals surface area contributed by atoms with Crippen molar-refractivity contribution >= 4 is 46.0 Å². The molecular weight excluding hydrogens is 444 g/mol. The van der Waals surface area contributed by atoms with Gasteiger partial charge in [-0.05, 0) is 36.2 Å². The van der Waals surface area contributed by atoms with E-state index in [1.165, 1.54) is 11.8 Å². The summed E-state index contributed by atoms with van der Waals surface area (Å²) in [6, 6.07) is 16.8. The molecule has 0 saturated heterocycles. The summed E-state index contributed by atoms with van der Waals surface area (Å²) in [7, 11) is 1.86. The van der Waals surface area contributed by atoms with Crippen LogP contribution in [0, 0.1) is 0 Å². The normalized spacial score (nSPS) is 11.1. The highest BCUT2D eigenvalue weighted by Gasteiger charge is 2.19. The molecule has 164 valence electrons. The van der Waals surface area contributed by atoms with E-state index in [2.05, 4.69) is 5.32 Å². The topological polar surface area (TPSA) is 68.9 Å². The van der Waals surface area contributed by atoms with Crippen molar-refractivity contribution < 1.29 is 4.79 Å². The SMILES string of the molecule is CCCn1c(SCC(=O)Nc2ccc(Cl)cc2)nc2c(-c3ccccc3)cn(C)c2c1=O. The number of benzene rings is 2. The molecule has 8 heteroatoms. The molecule has 32 heavy (non-hydrogen) atoms. The second kappa shape index (κ2) is 9.63. The van der Waals surface area contributed by atoms with Crippen molar-refractivity contribution in [3.63, 3.8) is 0 Å². The summed E-state index contributed by atoms with van der Waals surface area (Å²) in [5, 5.41) is 3.99.